The van der Waals surface area contributed by atoms with Crippen molar-refractivity contribution in [3.8, 4) is 5.75 Å². The average molecular weight is 589 g/mol. The van der Waals surface area contributed by atoms with Gasteiger partial charge in [-0.2, -0.15) is 0 Å². The molecule has 4 aromatic carbocycles. The van der Waals surface area contributed by atoms with E-state index in [2.05, 4.69) is 5.32 Å². The van der Waals surface area contributed by atoms with E-state index in [9.17, 15) is 19.2 Å². The Balaban J connectivity index is 1.49. The Morgan fingerprint density at radius 1 is 0.860 bits per heavy atom. The van der Waals surface area contributed by atoms with Crippen LogP contribution >= 0.6 is 11.6 Å². The van der Waals surface area contributed by atoms with E-state index in [1.54, 1.807) is 48.5 Å². The Bertz CT molecular complexity index is 1870. The van der Waals surface area contributed by atoms with Gasteiger partial charge in [0.2, 0.25) is 5.91 Å². The number of halogens is 1. The predicted octanol–water partition coefficient (Wildman–Crippen LogP) is 6.25. The highest BCUT2D eigenvalue weighted by atomic mass is 35.5. The number of amides is 1. The lowest BCUT2D eigenvalue weighted by molar-refractivity contribution is -0.131. The number of nitrogens with one attached hydrogen (secondary N) is 1. The van der Waals surface area contributed by atoms with Gasteiger partial charge in [0.15, 0.2) is 11.6 Å². The summed E-state index contributed by atoms with van der Waals surface area (Å²) in [7, 11) is 0. The molecule has 0 aliphatic carbocycles. The van der Waals surface area contributed by atoms with Gasteiger partial charge in [-0.3, -0.25) is 19.2 Å². The lowest BCUT2D eigenvalue weighted by Crippen LogP contribution is -2.49. The van der Waals surface area contributed by atoms with Gasteiger partial charge in [-0.05, 0) is 65.2 Å². The topological polar surface area (TPSA) is 92.8 Å². The second-order valence-electron chi connectivity index (χ2n) is 10.9. The first-order chi connectivity index (χ1) is 20.8. The van der Waals surface area contributed by atoms with Crippen LogP contribution in [0.4, 0.5) is 5.69 Å². The molecule has 4 atom stereocenters. The number of esters is 1. The summed E-state index contributed by atoms with van der Waals surface area (Å²) in [6, 6.07) is 26.3. The Morgan fingerprint density at radius 3 is 2.33 bits per heavy atom. The van der Waals surface area contributed by atoms with Gasteiger partial charge >= 0.3 is 5.97 Å². The number of carbonyl (C=O) groups is 4. The number of anilines is 1. The third kappa shape index (κ3) is 3.96. The number of Topliss-reactive ketones (excluding diaryl/α,β-unsaturated/α-hetero) is 2. The minimum Gasteiger partial charge on any atom is -0.427 e. The summed E-state index contributed by atoms with van der Waals surface area (Å²) in [5.41, 5.74) is 2.11. The molecule has 7 nitrogen and oxygen atoms in total. The molecule has 0 saturated carbocycles. The van der Waals surface area contributed by atoms with Crippen molar-refractivity contribution in [3.05, 3.63) is 136 Å². The number of carbonyl (C=O) groups excluding carboxylic acids is 4. The van der Waals surface area contributed by atoms with Crippen LogP contribution in [-0.4, -0.2) is 34.4 Å². The van der Waals surface area contributed by atoms with Crippen LogP contribution in [0.25, 0.3) is 6.08 Å². The molecule has 7 rings (SSSR count). The van der Waals surface area contributed by atoms with Gasteiger partial charge in [0, 0.05) is 29.9 Å². The monoisotopic (exact) mass is 588 g/mol. The molecule has 1 amide bonds. The molecule has 212 valence electrons. The average Bonchev–Trinajstić information content (AvgIpc) is 3.49. The van der Waals surface area contributed by atoms with Crippen LogP contribution < -0.4 is 10.1 Å². The Labute approximate surface area is 252 Å². The number of hydrogen-bond donors (Lipinski definition) is 1. The van der Waals surface area contributed by atoms with Gasteiger partial charge < -0.3 is 15.0 Å². The zero-order chi connectivity index (χ0) is 29.9. The second-order valence-corrected chi connectivity index (χ2v) is 11.3. The molecule has 0 unspecified atom stereocenters. The molecular weight excluding hydrogens is 564 g/mol. The lowest BCUT2D eigenvalue weighted by atomic mass is 9.62. The first-order valence-electron chi connectivity index (χ1n) is 13.9. The molecule has 1 saturated heterocycles. The first-order valence-corrected chi connectivity index (χ1v) is 14.3. The fraction of sp³-hybridized carbons (Fsp3) is 0.143. The minimum atomic E-state index is -1.45. The van der Waals surface area contributed by atoms with Crippen molar-refractivity contribution in [2.75, 3.05) is 5.32 Å². The maximum absolute atomic E-state index is 14.8. The molecule has 4 aromatic rings. The van der Waals surface area contributed by atoms with Gasteiger partial charge in [-0.1, -0.05) is 66.2 Å². The van der Waals surface area contributed by atoms with Crippen molar-refractivity contribution in [3.63, 3.8) is 0 Å². The third-order valence-corrected chi connectivity index (χ3v) is 8.99. The van der Waals surface area contributed by atoms with E-state index in [-0.39, 0.29) is 22.3 Å². The number of fused-ring (bicyclic) bond motifs is 6. The number of rotatable bonds is 5. The highest BCUT2D eigenvalue weighted by molar-refractivity contribution is 6.34. The summed E-state index contributed by atoms with van der Waals surface area (Å²) < 4.78 is 5.17. The summed E-state index contributed by atoms with van der Waals surface area (Å²) in [5, 5.41) is 3.28. The standard InChI is InChI=1S/C35H25ClN2O5/c1-20(39)43-23-16-14-22(15-17-23)31(40)30-29(32(41)25-10-4-6-12-27(25)36)35(26-11-5-7-13-28(26)37-34(35)42)33-24-9-3-2-8-21(24)18-19-38(30)33/h2-19,29-30,33H,1H3,(H,37,42)/t29-,30+,33-,35+/m1/s1. The Hall–Kier alpha value is -5.01. The van der Waals surface area contributed by atoms with E-state index >= 15 is 0 Å². The minimum absolute atomic E-state index is 0.242. The maximum atomic E-state index is 14.8. The Morgan fingerprint density at radius 2 is 1.56 bits per heavy atom. The molecule has 3 aliphatic heterocycles. The summed E-state index contributed by atoms with van der Waals surface area (Å²) >= 11 is 6.59. The van der Waals surface area contributed by atoms with E-state index in [0.29, 0.717) is 22.6 Å². The fourth-order valence-electron chi connectivity index (χ4n) is 7.02. The predicted molar refractivity (Wildman–Crippen MR) is 162 cm³/mol. The van der Waals surface area contributed by atoms with Crippen molar-refractivity contribution < 1.29 is 23.9 Å². The van der Waals surface area contributed by atoms with Gasteiger partial charge in [-0.15, -0.1) is 0 Å². The SMILES string of the molecule is CC(=O)Oc1ccc(C(=O)[C@@H]2[C@H](C(=O)c3ccccc3Cl)[C@]3(C(=O)Nc4ccccc43)[C@H]3c4ccccc4C=CN23)cc1. The number of hydrogen-bond acceptors (Lipinski definition) is 6. The lowest BCUT2D eigenvalue weighted by Gasteiger charge is -2.38. The van der Waals surface area contributed by atoms with Crippen LogP contribution in [-0.2, 0) is 15.0 Å². The number of ether oxygens (including phenoxy) is 1. The molecule has 8 heteroatoms. The molecule has 43 heavy (non-hydrogen) atoms. The van der Waals surface area contributed by atoms with Crippen LogP contribution in [0, 0.1) is 5.92 Å². The molecule has 1 N–H and O–H groups in total. The highest BCUT2D eigenvalue weighted by Crippen LogP contribution is 2.62. The third-order valence-electron chi connectivity index (χ3n) is 8.66. The highest BCUT2D eigenvalue weighted by Gasteiger charge is 2.70. The van der Waals surface area contributed by atoms with Crippen LogP contribution in [0.15, 0.2) is 103 Å². The molecular formula is C35H25ClN2O5. The molecule has 3 aliphatic rings. The van der Waals surface area contributed by atoms with Crippen LogP contribution in [0.1, 0.15) is 50.4 Å². The summed E-state index contributed by atoms with van der Waals surface area (Å²) in [6.07, 6.45) is 3.73. The quantitative estimate of drug-likeness (QED) is 0.168. The molecule has 3 heterocycles. The Kier molecular flexibility index (Phi) is 6.29. The summed E-state index contributed by atoms with van der Waals surface area (Å²) in [5.74, 6) is -2.41. The van der Waals surface area contributed by atoms with Crippen molar-refractivity contribution in [1.29, 1.82) is 0 Å². The zero-order valence-electron chi connectivity index (χ0n) is 23.0. The van der Waals surface area contributed by atoms with E-state index < -0.39 is 35.2 Å². The van der Waals surface area contributed by atoms with Crippen LogP contribution in [0.3, 0.4) is 0 Å². The number of nitrogens with zero attached hydrogens (tertiary/aromatic N) is 1. The number of ketones is 2. The fourth-order valence-corrected chi connectivity index (χ4v) is 7.25. The van der Waals surface area contributed by atoms with Crippen molar-refractivity contribution in [1.82, 2.24) is 4.90 Å². The van der Waals surface area contributed by atoms with Crippen LogP contribution in [0.2, 0.25) is 5.02 Å². The second kappa shape index (κ2) is 10.1. The normalized spacial score (nSPS) is 22.9. The van der Waals surface area contributed by atoms with E-state index in [0.717, 1.165) is 11.1 Å². The maximum Gasteiger partial charge on any atom is 0.308 e. The van der Waals surface area contributed by atoms with Crippen LogP contribution in [0.5, 0.6) is 5.75 Å². The van der Waals surface area contributed by atoms with Crippen molar-refractivity contribution in [2.24, 2.45) is 5.92 Å². The van der Waals surface area contributed by atoms with E-state index in [1.807, 2.05) is 65.7 Å². The van der Waals surface area contributed by atoms with E-state index in [1.165, 1.54) is 6.92 Å². The van der Waals surface area contributed by atoms with Gasteiger partial charge in [0.05, 0.1) is 17.0 Å². The summed E-state index contributed by atoms with van der Waals surface area (Å²) in [4.78, 5) is 57.3. The molecule has 0 radical (unpaired) electrons. The van der Waals surface area contributed by atoms with Gasteiger partial charge in [0.1, 0.15) is 17.2 Å². The van der Waals surface area contributed by atoms with E-state index in [4.69, 9.17) is 16.3 Å². The first kappa shape index (κ1) is 26.9. The van der Waals surface area contributed by atoms with Crippen molar-refractivity contribution in [2.45, 2.75) is 24.4 Å². The van der Waals surface area contributed by atoms with Gasteiger partial charge in [0.25, 0.3) is 0 Å². The zero-order valence-corrected chi connectivity index (χ0v) is 23.7. The van der Waals surface area contributed by atoms with Crippen molar-refractivity contribution >= 4 is 46.8 Å². The molecule has 1 fully saturated rings. The molecule has 1 spiro atoms. The largest absolute Gasteiger partial charge is 0.427 e. The number of para-hydroxylation sites is 1. The number of benzene rings is 4. The molecule has 0 aromatic heterocycles. The smallest absolute Gasteiger partial charge is 0.308 e. The summed E-state index contributed by atoms with van der Waals surface area (Å²) in [6.45, 7) is 1.30. The van der Waals surface area contributed by atoms with Gasteiger partial charge in [-0.25, -0.2) is 0 Å². The molecule has 0 bridgehead atoms.